The van der Waals surface area contributed by atoms with Gasteiger partial charge >= 0.3 is 5.97 Å². The summed E-state index contributed by atoms with van der Waals surface area (Å²) in [7, 11) is 1.29. The molecule has 0 aliphatic heterocycles. The maximum Gasteiger partial charge on any atom is 0.306 e. The minimum absolute atomic E-state index is 0.000783. The number of likely N-dealkylation sites (N-methyl/N-ethyl adjacent to an activating group) is 1. The van der Waals surface area contributed by atoms with E-state index < -0.39 is 19.9 Å². The first-order valence-corrected chi connectivity index (χ1v) is 22.5. The van der Waals surface area contributed by atoms with Gasteiger partial charge in [0.25, 0.3) is 7.82 Å². The van der Waals surface area contributed by atoms with Crippen LogP contribution in [-0.2, 0) is 27.9 Å². The van der Waals surface area contributed by atoms with E-state index in [0.717, 1.165) is 38.5 Å². The Hall–Kier alpha value is -1.96. The molecule has 0 aromatic heterocycles. The van der Waals surface area contributed by atoms with Crippen LogP contribution in [0.4, 0.5) is 0 Å². The van der Waals surface area contributed by atoms with Gasteiger partial charge in [-0.25, -0.2) is 0 Å². The highest BCUT2D eigenvalue weighted by molar-refractivity contribution is 7.45. The Morgan fingerprint density at radius 1 is 0.604 bits per heavy atom. The molecule has 0 aliphatic carbocycles. The summed E-state index contributed by atoms with van der Waals surface area (Å²) < 4.78 is 34.2. The number of carbonyl (C=O) groups is 1. The van der Waals surface area contributed by atoms with E-state index in [1.165, 1.54) is 96.3 Å². The molecule has 0 amide bonds. The van der Waals surface area contributed by atoms with Crippen LogP contribution in [0.2, 0.25) is 0 Å². The summed E-state index contributed by atoms with van der Waals surface area (Å²) in [4.78, 5) is 25.0. The van der Waals surface area contributed by atoms with E-state index in [4.69, 9.17) is 18.5 Å². The second-order valence-electron chi connectivity index (χ2n) is 15.1. The lowest BCUT2D eigenvalue weighted by Crippen LogP contribution is -2.37. The molecule has 0 saturated carbocycles. The second kappa shape index (κ2) is 37.0. The molecule has 0 fully saturated rings. The Labute approximate surface area is 326 Å². The molecule has 8 nitrogen and oxygen atoms in total. The molecule has 0 saturated heterocycles. The maximum absolute atomic E-state index is 12.6. The molecule has 0 aromatic rings. The predicted molar refractivity (Wildman–Crippen MR) is 221 cm³/mol. The number of quaternary nitrogens is 1. The van der Waals surface area contributed by atoms with E-state index in [-0.39, 0.29) is 26.2 Å². The summed E-state index contributed by atoms with van der Waals surface area (Å²) >= 11 is 0. The molecule has 2 unspecified atom stereocenters. The normalized spacial score (nSPS) is 14.4. The van der Waals surface area contributed by atoms with E-state index in [1.54, 1.807) is 6.26 Å². The average Bonchev–Trinajstić information content (AvgIpc) is 3.11. The topological polar surface area (TPSA) is 94.1 Å². The van der Waals surface area contributed by atoms with Crippen molar-refractivity contribution in [3.63, 3.8) is 0 Å². The van der Waals surface area contributed by atoms with Gasteiger partial charge in [-0.1, -0.05) is 120 Å². The number of hydrogen-bond acceptors (Lipinski definition) is 7. The van der Waals surface area contributed by atoms with Gasteiger partial charge < -0.3 is 27.9 Å². The number of nitrogens with zero attached hydrogens (tertiary/aromatic N) is 1. The summed E-state index contributed by atoms with van der Waals surface area (Å²) in [5.74, 6) is -0.397. The fourth-order valence-corrected chi connectivity index (χ4v) is 6.00. The zero-order chi connectivity index (χ0) is 39.1. The SMILES string of the molecule is CCCCC/C=C\C/C=C\C/C=C\CCCCC(=O)OC(CO/C=C\CCCCCCCC/C=C\CCCCCC)COP(=O)([O-])OCC[N+](C)(C)C. The fourth-order valence-electron chi connectivity index (χ4n) is 5.28. The van der Waals surface area contributed by atoms with Crippen LogP contribution < -0.4 is 4.89 Å². The number of rotatable bonds is 38. The highest BCUT2D eigenvalue weighted by atomic mass is 31.2. The Morgan fingerprint density at radius 2 is 1.06 bits per heavy atom. The molecule has 53 heavy (non-hydrogen) atoms. The van der Waals surface area contributed by atoms with Crippen molar-refractivity contribution in [1.82, 2.24) is 0 Å². The van der Waals surface area contributed by atoms with Crippen molar-refractivity contribution < 1.29 is 37.3 Å². The van der Waals surface area contributed by atoms with Gasteiger partial charge in [-0.3, -0.25) is 9.36 Å². The number of carbonyl (C=O) groups excluding carboxylic acids is 1. The first-order valence-electron chi connectivity index (χ1n) is 21.1. The second-order valence-corrected chi connectivity index (χ2v) is 16.5. The molecule has 9 heteroatoms. The summed E-state index contributed by atoms with van der Waals surface area (Å²) in [6, 6.07) is 0. The highest BCUT2D eigenvalue weighted by Gasteiger charge is 2.20. The standard InChI is InChI=1S/C44H80NO7P/c1-6-8-10-12-14-16-18-20-22-24-26-28-30-32-34-36-39-49-41-43(42-51-53(47,48)50-40-38-45(3,4)5)52-44(46)37-35-33-31-29-27-25-23-21-19-17-15-13-11-9-7-2/h15-18,21,23,27,29,36,39,43H,6-14,19-20,22,24-26,28,30-35,37-38,40-42H2,1-5H3/b17-15-,18-16-,23-21-,29-27-,39-36-. The number of phosphoric acid groups is 1. The molecule has 0 rings (SSSR count). The van der Waals surface area contributed by atoms with Gasteiger partial charge in [0.1, 0.15) is 19.8 Å². The Balaban J connectivity index is 4.41. The zero-order valence-corrected chi connectivity index (χ0v) is 35.6. The molecule has 0 aliphatic rings. The van der Waals surface area contributed by atoms with E-state index in [9.17, 15) is 14.3 Å². The van der Waals surface area contributed by atoms with Crippen LogP contribution in [0.5, 0.6) is 0 Å². The molecule has 0 spiro atoms. The van der Waals surface area contributed by atoms with Crippen molar-refractivity contribution in [3.8, 4) is 0 Å². The molecular formula is C44H80NO7P. The van der Waals surface area contributed by atoms with Gasteiger partial charge in [0, 0.05) is 6.42 Å². The number of ether oxygens (including phenoxy) is 2. The minimum Gasteiger partial charge on any atom is -0.756 e. The first-order chi connectivity index (χ1) is 25.6. The summed E-state index contributed by atoms with van der Waals surface area (Å²) in [6.45, 7) is 4.63. The fraction of sp³-hybridized carbons (Fsp3) is 0.750. The third-order valence-electron chi connectivity index (χ3n) is 8.61. The van der Waals surface area contributed by atoms with Gasteiger partial charge in [0.05, 0.1) is 34.0 Å². The van der Waals surface area contributed by atoms with Crippen LogP contribution in [-0.4, -0.2) is 64.1 Å². The van der Waals surface area contributed by atoms with Gasteiger partial charge in [-0.05, 0) is 89.5 Å². The lowest BCUT2D eigenvalue weighted by molar-refractivity contribution is -0.870. The van der Waals surface area contributed by atoms with Crippen molar-refractivity contribution in [2.45, 2.75) is 168 Å². The van der Waals surface area contributed by atoms with E-state index >= 15 is 0 Å². The number of unbranched alkanes of at least 4 members (excludes halogenated alkanes) is 16. The van der Waals surface area contributed by atoms with Crippen LogP contribution in [0.1, 0.15) is 162 Å². The minimum atomic E-state index is -4.55. The Bertz CT molecular complexity index is 1030. The molecule has 0 aromatic carbocycles. The first kappa shape index (κ1) is 51.0. The van der Waals surface area contributed by atoms with Crippen LogP contribution >= 0.6 is 7.82 Å². The van der Waals surface area contributed by atoms with Gasteiger partial charge in [0.2, 0.25) is 0 Å². The molecule has 308 valence electrons. The molecule has 0 bridgehead atoms. The molecule has 0 radical (unpaired) electrons. The van der Waals surface area contributed by atoms with Crippen LogP contribution in [0.3, 0.4) is 0 Å². The lowest BCUT2D eigenvalue weighted by atomic mass is 10.1. The van der Waals surface area contributed by atoms with Crippen molar-refractivity contribution in [2.75, 3.05) is 47.5 Å². The summed E-state index contributed by atoms with van der Waals surface area (Å²) in [6.07, 6.45) is 46.1. The van der Waals surface area contributed by atoms with E-state index in [2.05, 4.69) is 62.5 Å². The number of hydrogen-bond donors (Lipinski definition) is 0. The van der Waals surface area contributed by atoms with Crippen molar-refractivity contribution in [1.29, 1.82) is 0 Å². The highest BCUT2D eigenvalue weighted by Crippen LogP contribution is 2.38. The third-order valence-corrected chi connectivity index (χ3v) is 9.57. The number of allylic oxidation sites excluding steroid dienone is 9. The number of esters is 1. The van der Waals surface area contributed by atoms with Gasteiger partial charge in [0.15, 0.2) is 6.10 Å². The molecular weight excluding hydrogens is 685 g/mol. The largest absolute Gasteiger partial charge is 0.756 e. The smallest absolute Gasteiger partial charge is 0.306 e. The van der Waals surface area contributed by atoms with Crippen LogP contribution in [0.25, 0.3) is 0 Å². The average molecular weight is 766 g/mol. The van der Waals surface area contributed by atoms with Crippen molar-refractivity contribution in [3.05, 3.63) is 60.9 Å². The maximum atomic E-state index is 12.6. The van der Waals surface area contributed by atoms with Crippen LogP contribution in [0, 0.1) is 0 Å². The lowest BCUT2D eigenvalue weighted by Gasteiger charge is -2.28. The molecule has 0 heterocycles. The van der Waals surface area contributed by atoms with Gasteiger partial charge in [-0.15, -0.1) is 0 Å². The number of phosphoric ester groups is 1. The van der Waals surface area contributed by atoms with E-state index in [0.29, 0.717) is 17.4 Å². The monoisotopic (exact) mass is 766 g/mol. The van der Waals surface area contributed by atoms with Crippen molar-refractivity contribution >= 4 is 13.8 Å². The van der Waals surface area contributed by atoms with E-state index in [1.807, 2.05) is 27.2 Å². The van der Waals surface area contributed by atoms with Gasteiger partial charge in [-0.2, -0.15) is 0 Å². The Morgan fingerprint density at radius 3 is 1.62 bits per heavy atom. The van der Waals surface area contributed by atoms with Crippen molar-refractivity contribution in [2.24, 2.45) is 0 Å². The van der Waals surface area contributed by atoms with Crippen LogP contribution in [0.15, 0.2) is 60.9 Å². The zero-order valence-electron chi connectivity index (χ0n) is 34.7. The molecule has 0 N–H and O–H groups in total. The Kier molecular flexibility index (Phi) is 35.6. The third kappa shape index (κ3) is 41.1. The quantitative estimate of drug-likeness (QED) is 0.0154. The summed E-state index contributed by atoms with van der Waals surface area (Å²) in [5, 5.41) is 0. The predicted octanol–water partition coefficient (Wildman–Crippen LogP) is 11.9. The summed E-state index contributed by atoms with van der Waals surface area (Å²) in [5.41, 5.74) is 0. The molecule has 2 atom stereocenters.